The molecule has 0 spiro atoms. The van der Waals surface area contributed by atoms with Gasteiger partial charge in [-0.3, -0.25) is 4.79 Å². The monoisotopic (exact) mass is 346 g/mol. The second-order valence-corrected chi connectivity index (χ2v) is 7.02. The number of carbonyl (C=O) groups is 2. The fourth-order valence-electron chi connectivity index (χ4n) is 1.63. The minimum Gasteiger partial charge on any atom is -0.449 e. The van der Waals surface area contributed by atoms with E-state index in [0.717, 1.165) is 22.5 Å². The molecule has 9 heteroatoms. The Balaban J connectivity index is 3.09. The Hall–Kier alpha value is -2.00. The number of esters is 1. The third-order valence-electron chi connectivity index (χ3n) is 2.94. The third-order valence-corrected chi connectivity index (χ3v) is 4.75. The van der Waals surface area contributed by atoms with Crippen molar-refractivity contribution in [3.8, 4) is 0 Å². The Morgan fingerprint density at radius 1 is 1.35 bits per heavy atom. The molecule has 0 bridgehead atoms. The maximum absolute atomic E-state index is 13.8. The van der Waals surface area contributed by atoms with Crippen LogP contribution in [-0.4, -0.2) is 51.3 Å². The van der Waals surface area contributed by atoms with Gasteiger partial charge in [0.15, 0.2) is 6.10 Å². The Morgan fingerprint density at radius 3 is 2.48 bits per heavy atom. The standard InChI is InChI=1S/C14H19FN2O5S/c1-5-16-13(18)9(2)22-14(19)11-8-10(6-7-12(11)15)23(20,21)17(3)4/h6-9H,5H2,1-4H3,(H,16,18)/t9-/m1/s1. The Morgan fingerprint density at radius 2 is 1.96 bits per heavy atom. The second kappa shape index (κ2) is 7.51. The van der Waals surface area contributed by atoms with Gasteiger partial charge in [0.05, 0.1) is 10.5 Å². The van der Waals surface area contributed by atoms with Gasteiger partial charge in [0.25, 0.3) is 5.91 Å². The van der Waals surface area contributed by atoms with Gasteiger partial charge in [-0.25, -0.2) is 21.9 Å². The lowest BCUT2D eigenvalue weighted by Gasteiger charge is -2.15. The van der Waals surface area contributed by atoms with Crippen molar-refractivity contribution in [3.63, 3.8) is 0 Å². The number of sulfonamides is 1. The summed E-state index contributed by atoms with van der Waals surface area (Å²) in [6.07, 6.45) is -1.13. The summed E-state index contributed by atoms with van der Waals surface area (Å²) in [6.45, 7) is 3.38. The molecule has 0 saturated carbocycles. The van der Waals surface area contributed by atoms with Crippen LogP contribution in [0, 0.1) is 5.82 Å². The molecule has 7 nitrogen and oxygen atoms in total. The molecule has 1 atom stereocenters. The number of hydrogen-bond acceptors (Lipinski definition) is 5. The van der Waals surface area contributed by atoms with Gasteiger partial charge in [-0.15, -0.1) is 0 Å². The van der Waals surface area contributed by atoms with Crippen LogP contribution >= 0.6 is 0 Å². The first-order chi connectivity index (χ1) is 10.6. The third kappa shape index (κ3) is 4.49. The number of nitrogens with one attached hydrogen (secondary N) is 1. The zero-order valence-corrected chi connectivity index (χ0v) is 14.1. The van der Waals surface area contributed by atoms with Crippen molar-refractivity contribution in [2.24, 2.45) is 0 Å². The molecule has 23 heavy (non-hydrogen) atoms. The van der Waals surface area contributed by atoms with Crippen molar-refractivity contribution in [2.75, 3.05) is 20.6 Å². The number of nitrogens with zero attached hydrogens (tertiary/aromatic N) is 1. The summed E-state index contributed by atoms with van der Waals surface area (Å²) in [6, 6.07) is 2.80. The molecule has 0 aliphatic heterocycles. The highest BCUT2D eigenvalue weighted by Crippen LogP contribution is 2.19. The van der Waals surface area contributed by atoms with Crippen LogP contribution in [0.1, 0.15) is 24.2 Å². The first kappa shape index (κ1) is 19.0. The van der Waals surface area contributed by atoms with Gasteiger partial charge in [0.1, 0.15) is 5.82 Å². The van der Waals surface area contributed by atoms with Gasteiger partial charge in [-0.05, 0) is 32.0 Å². The summed E-state index contributed by atoms with van der Waals surface area (Å²) in [4.78, 5) is 23.3. The number of halogens is 1. The van der Waals surface area contributed by atoms with Crippen LogP contribution in [0.5, 0.6) is 0 Å². The number of likely N-dealkylation sites (N-methyl/N-ethyl adjacent to an activating group) is 1. The maximum atomic E-state index is 13.8. The number of amides is 1. The van der Waals surface area contributed by atoms with E-state index in [1.54, 1.807) is 6.92 Å². The first-order valence-electron chi connectivity index (χ1n) is 6.82. The van der Waals surface area contributed by atoms with Crippen molar-refractivity contribution in [1.29, 1.82) is 0 Å². The quantitative estimate of drug-likeness (QED) is 0.768. The highest BCUT2D eigenvalue weighted by atomic mass is 32.2. The summed E-state index contributed by atoms with van der Waals surface area (Å²) < 4.78 is 43.6. The fourth-order valence-corrected chi connectivity index (χ4v) is 2.56. The lowest BCUT2D eigenvalue weighted by Crippen LogP contribution is -2.35. The lowest BCUT2D eigenvalue weighted by molar-refractivity contribution is -0.128. The van der Waals surface area contributed by atoms with Crippen molar-refractivity contribution in [1.82, 2.24) is 9.62 Å². The summed E-state index contributed by atoms with van der Waals surface area (Å²) in [5.74, 6) is -2.58. The average Bonchev–Trinajstić information content (AvgIpc) is 2.47. The molecule has 128 valence electrons. The van der Waals surface area contributed by atoms with Gasteiger partial charge in [0, 0.05) is 20.6 Å². The van der Waals surface area contributed by atoms with Crippen molar-refractivity contribution in [2.45, 2.75) is 24.8 Å². The van der Waals surface area contributed by atoms with E-state index in [1.807, 2.05) is 0 Å². The topological polar surface area (TPSA) is 92.8 Å². The van der Waals surface area contributed by atoms with Crippen LogP contribution in [0.2, 0.25) is 0 Å². The largest absolute Gasteiger partial charge is 0.449 e. The van der Waals surface area contributed by atoms with E-state index in [1.165, 1.54) is 21.0 Å². The van der Waals surface area contributed by atoms with Crippen molar-refractivity contribution >= 4 is 21.9 Å². The zero-order valence-electron chi connectivity index (χ0n) is 13.3. The minimum absolute atomic E-state index is 0.249. The highest BCUT2D eigenvalue weighted by Gasteiger charge is 2.24. The van der Waals surface area contributed by atoms with E-state index in [-0.39, 0.29) is 4.90 Å². The summed E-state index contributed by atoms with van der Waals surface area (Å²) >= 11 is 0. The molecule has 1 amide bonds. The molecule has 0 fully saturated rings. The molecule has 1 N–H and O–H groups in total. The van der Waals surface area contributed by atoms with Gasteiger partial charge >= 0.3 is 5.97 Å². The van der Waals surface area contributed by atoms with Gasteiger partial charge in [-0.1, -0.05) is 0 Å². The van der Waals surface area contributed by atoms with Gasteiger partial charge < -0.3 is 10.1 Å². The van der Waals surface area contributed by atoms with Crippen LogP contribution in [0.3, 0.4) is 0 Å². The fraction of sp³-hybridized carbons (Fsp3) is 0.429. The molecule has 0 unspecified atom stereocenters. The Labute approximate surface area is 134 Å². The molecule has 0 radical (unpaired) electrons. The molecule has 0 aromatic heterocycles. The average molecular weight is 346 g/mol. The van der Waals surface area contributed by atoms with E-state index in [2.05, 4.69) is 5.32 Å². The van der Waals surface area contributed by atoms with Crippen LogP contribution in [0.4, 0.5) is 4.39 Å². The molecular formula is C14H19FN2O5S. The van der Waals surface area contributed by atoms with Crippen molar-refractivity contribution in [3.05, 3.63) is 29.6 Å². The smallest absolute Gasteiger partial charge is 0.341 e. The minimum atomic E-state index is -3.82. The number of rotatable bonds is 6. The molecule has 0 heterocycles. The summed E-state index contributed by atoms with van der Waals surface area (Å²) in [5, 5.41) is 2.45. The van der Waals surface area contributed by atoms with E-state index < -0.39 is 39.4 Å². The highest BCUT2D eigenvalue weighted by molar-refractivity contribution is 7.89. The molecule has 1 aromatic carbocycles. The van der Waals surface area contributed by atoms with E-state index in [0.29, 0.717) is 6.54 Å². The van der Waals surface area contributed by atoms with Crippen LogP contribution in [0.25, 0.3) is 0 Å². The number of benzene rings is 1. The van der Waals surface area contributed by atoms with E-state index in [9.17, 15) is 22.4 Å². The van der Waals surface area contributed by atoms with Gasteiger partial charge in [-0.2, -0.15) is 0 Å². The second-order valence-electron chi connectivity index (χ2n) is 4.87. The Bertz CT molecular complexity index is 703. The summed E-state index contributed by atoms with van der Waals surface area (Å²) in [5.41, 5.74) is -0.552. The van der Waals surface area contributed by atoms with Crippen LogP contribution < -0.4 is 5.32 Å². The van der Waals surface area contributed by atoms with Gasteiger partial charge in [0.2, 0.25) is 10.0 Å². The Kier molecular flexibility index (Phi) is 6.22. The normalized spacial score (nSPS) is 12.8. The molecular weight excluding hydrogens is 327 g/mol. The molecule has 0 aliphatic rings. The SMILES string of the molecule is CCNC(=O)[C@@H](C)OC(=O)c1cc(S(=O)(=O)N(C)C)ccc1F. The molecule has 1 rings (SSSR count). The van der Waals surface area contributed by atoms with E-state index >= 15 is 0 Å². The number of hydrogen-bond donors (Lipinski definition) is 1. The summed E-state index contributed by atoms with van der Waals surface area (Å²) in [7, 11) is -1.20. The lowest BCUT2D eigenvalue weighted by atomic mass is 10.2. The first-order valence-corrected chi connectivity index (χ1v) is 8.26. The van der Waals surface area contributed by atoms with Crippen LogP contribution in [-0.2, 0) is 19.6 Å². The molecule has 0 saturated heterocycles. The van der Waals surface area contributed by atoms with Crippen molar-refractivity contribution < 1.29 is 27.1 Å². The number of carbonyl (C=O) groups excluding carboxylic acids is 2. The molecule has 0 aliphatic carbocycles. The predicted octanol–water partition coefficient (Wildman–Crippen LogP) is 0.757. The molecule has 1 aromatic rings. The van der Waals surface area contributed by atoms with E-state index in [4.69, 9.17) is 4.74 Å². The van der Waals surface area contributed by atoms with Crippen LogP contribution in [0.15, 0.2) is 23.1 Å². The number of ether oxygens (including phenoxy) is 1. The predicted molar refractivity (Wildman–Crippen MR) is 80.8 cm³/mol. The maximum Gasteiger partial charge on any atom is 0.341 e. The zero-order chi connectivity index (χ0) is 17.8.